The van der Waals surface area contributed by atoms with Crippen molar-refractivity contribution in [2.75, 3.05) is 25.1 Å². The Kier molecular flexibility index (Phi) is 4.38. The number of benzene rings is 3. The quantitative estimate of drug-likeness (QED) is 0.526. The smallest absolute Gasteiger partial charge is 0.163 e. The van der Waals surface area contributed by atoms with Crippen molar-refractivity contribution in [2.24, 2.45) is 0 Å². The number of ether oxygens (including phenoxy) is 2. The molecule has 0 saturated carbocycles. The number of nitrogens with zero attached hydrogens (tertiary/aromatic N) is 2. The van der Waals surface area contributed by atoms with Crippen LogP contribution in [0, 0.1) is 0 Å². The van der Waals surface area contributed by atoms with Gasteiger partial charge in [0.15, 0.2) is 11.5 Å². The predicted molar refractivity (Wildman–Crippen MR) is 121 cm³/mol. The summed E-state index contributed by atoms with van der Waals surface area (Å²) in [5.74, 6) is 2.71. The van der Waals surface area contributed by atoms with Crippen LogP contribution in [-0.4, -0.2) is 29.5 Å². The number of anilines is 1. The highest BCUT2D eigenvalue weighted by molar-refractivity contribution is 5.61. The van der Waals surface area contributed by atoms with Crippen LogP contribution >= 0.6 is 0 Å². The molecule has 4 aromatic rings. The summed E-state index contributed by atoms with van der Waals surface area (Å²) >= 11 is 0. The van der Waals surface area contributed by atoms with Crippen molar-refractivity contribution >= 4 is 5.82 Å². The standard InChI is InChI=1S/C26H23N3O2/c1-3-7-18(8-4-1)24(19-9-5-2-6-10-19)25-21-13-14-27-26(21)29(28-25)20-11-12-22-23(17-20)31-16-15-30-22/h1-12,17,24,27H,13-16H2. The van der Waals surface area contributed by atoms with Crippen LogP contribution in [-0.2, 0) is 6.42 Å². The molecule has 2 aliphatic heterocycles. The lowest BCUT2D eigenvalue weighted by Gasteiger charge is -2.19. The average molecular weight is 409 g/mol. The number of nitrogens with one attached hydrogen (secondary N) is 1. The van der Waals surface area contributed by atoms with Gasteiger partial charge in [0.05, 0.1) is 17.3 Å². The van der Waals surface area contributed by atoms with Crippen molar-refractivity contribution in [2.45, 2.75) is 12.3 Å². The normalized spacial score (nSPS) is 14.4. The van der Waals surface area contributed by atoms with Gasteiger partial charge in [0, 0.05) is 18.2 Å². The highest BCUT2D eigenvalue weighted by Crippen LogP contribution is 2.40. The predicted octanol–water partition coefficient (Wildman–Crippen LogP) is 4.79. The Morgan fingerprint density at radius 3 is 2.19 bits per heavy atom. The van der Waals surface area contributed by atoms with E-state index < -0.39 is 0 Å². The first-order valence-corrected chi connectivity index (χ1v) is 10.7. The number of hydrogen-bond donors (Lipinski definition) is 1. The Morgan fingerprint density at radius 1 is 0.806 bits per heavy atom. The third-order valence-corrected chi connectivity index (χ3v) is 5.99. The molecular formula is C26H23N3O2. The first kappa shape index (κ1) is 18.1. The molecule has 0 fully saturated rings. The summed E-state index contributed by atoms with van der Waals surface area (Å²) in [6.07, 6.45) is 0.964. The maximum atomic E-state index is 5.81. The number of rotatable bonds is 4. The van der Waals surface area contributed by atoms with Crippen LogP contribution in [0.1, 0.15) is 28.3 Å². The molecule has 3 aromatic carbocycles. The average Bonchev–Trinajstić information content (AvgIpc) is 3.44. The molecule has 0 radical (unpaired) electrons. The van der Waals surface area contributed by atoms with Gasteiger partial charge in [-0.05, 0) is 29.7 Å². The van der Waals surface area contributed by atoms with Gasteiger partial charge in [0.1, 0.15) is 19.0 Å². The Morgan fingerprint density at radius 2 is 1.48 bits per heavy atom. The summed E-state index contributed by atoms with van der Waals surface area (Å²) in [5.41, 5.74) is 5.85. The lowest BCUT2D eigenvalue weighted by atomic mass is 9.86. The number of aromatic nitrogens is 2. The van der Waals surface area contributed by atoms with E-state index in [2.05, 4.69) is 66.0 Å². The van der Waals surface area contributed by atoms with E-state index in [1.165, 1.54) is 16.7 Å². The molecule has 5 nitrogen and oxygen atoms in total. The van der Waals surface area contributed by atoms with Gasteiger partial charge >= 0.3 is 0 Å². The van der Waals surface area contributed by atoms with E-state index in [9.17, 15) is 0 Å². The van der Waals surface area contributed by atoms with Crippen LogP contribution < -0.4 is 14.8 Å². The molecule has 5 heteroatoms. The fourth-order valence-electron chi connectivity index (χ4n) is 4.58. The van der Waals surface area contributed by atoms with E-state index in [-0.39, 0.29) is 5.92 Å². The Labute approximate surface area is 181 Å². The van der Waals surface area contributed by atoms with Gasteiger partial charge in [-0.1, -0.05) is 60.7 Å². The molecule has 1 N–H and O–H groups in total. The maximum absolute atomic E-state index is 5.81. The summed E-state index contributed by atoms with van der Waals surface area (Å²) in [7, 11) is 0. The summed E-state index contributed by atoms with van der Waals surface area (Å²) in [6, 6.07) is 27.3. The van der Waals surface area contributed by atoms with Crippen LogP contribution in [0.2, 0.25) is 0 Å². The molecule has 6 rings (SSSR count). The van der Waals surface area contributed by atoms with Gasteiger partial charge in [0.2, 0.25) is 0 Å². The zero-order chi connectivity index (χ0) is 20.6. The van der Waals surface area contributed by atoms with Gasteiger partial charge in [0.25, 0.3) is 0 Å². The minimum atomic E-state index is 0.0783. The third-order valence-electron chi connectivity index (χ3n) is 5.99. The molecule has 31 heavy (non-hydrogen) atoms. The number of hydrogen-bond acceptors (Lipinski definition) is 4. The zero-order valence-electron chi connectivity index (χ0n) is 17.1. The molecule has 0 aliphatic carbocycles. The molecule has 0 saturated heterocycles. The minimum Gasteiger partial charge on any atom is -0.486 e. The SMILES string of the molecule is c1ccc(C(c2ccccc2)c2nn(-c3ccc4c(c3)OCCO4)c3c2CCN3)cc1. The monoisotopic (exact) mass is 409 g/mol. The van der Waals surface area contributed by atoms with Crippen LogP contribution in [0.25, 0.3) is 5.69 Å². The van der Waals surface area contributed by atoms with Gasteiger partial charge in [-0.3, -0.25) is 0 Å². The van der Waals surface area contributed by atoms with E-state index in [4.69, 9.17) is 14.6 Å². The second-order valence-electron chi connectivity index (χ2n) is 7.88. The molecule has 0 unspecified atom stereocenters. The van der Waals surface area contributed by atoms with Gasteiger partial charge in [-0.15, -0.1) is 0 Å². The molecule has 154 valence electrons. The van der Waals surface area contributed by atoms with Crippen LogP contribution in [0.4, 0.5) is 5.82 Å². The first-order chi connectivity index (χ1) is 15.4. The van der Waals surface area contributed by atoms with Gasteiger partial charge in [-0.25, -0.2) is 4.68 Å². The third kappa shape index (κ3) is 3.13. The lowest BCUT2D eigenvalue weighted by Crippen LogP contribution is -2.15. The molecule has 0 bridgehead atoms. The van der Waals surface area contributed by atoms with Crippen molar-refractivity contribution < 1.29 is 9.47 Å². The fraction of sp³-hybridized carbons (Fsp3) is 0.192. The van der Waals surface area contributed by atoms with Gasteiger partial charge < -0.3 is 14.8 Å². The highest BCUT2D eigenvalue weighted by atomic mass is 16.6. The molecule has 2 aliphatic rings. The van der Waals surface area contributed by atoms with Crippen molar-refractivity contribution in [3.63, 3.8) is 0 Å². The zero-order valence-corrected chi connectivity index (χ0v) is 17.1. The summed E-state index contributed by atoms with van der Waals surface area (Å²) in [5, 5.41) is 8.72. The molecular weight excluding hydrogens is 386 g/mol. The topological polar surface area (TPSA) is 48.3 Å². The Balaban J connectivity index is 1.51. The first-order valence-electron chi connectivity index (χ1n) is 10.7. The van der Waals surface area contributed by atoms with Crippen molar-refractivity contribution in [1.29, 1.82) is 0 Å². The van der Waals surface area contributed by atoms with Crippen LogP contribution in [0.5, 0.6) is 11.5 Å². The Hall–Kier alpha value is -3.73. The molecule has 0 amide bonds. The summed E-state index contributed by atoms with van der Waals surface area (Å²) in [6.45, 7) is 2.08. The maximum Gasteiger partial charge on any atom is 0.163 e. The summed E-state index contributed by atoms with van der Waals surface area (Å²) in [4.78, 5) is 0. The second-order valence-corrected chi connectivity index (χ2v) is 7.88. The largest absolute Gasteiger partial charge is 0.486 e. The fourth-order valence-corrected chi connectivity index (χ4v) is 4.58. The highest BCUT2D eigenvalue weighted by Gasteiger charge is 2.30. The van der Waals surface area contributed by atoms with E-state index in [1.54, 1.807) is 0 Å². The van der Waals surface area contributed by atoms with Crippen molar-refractivity contribution in [3.8, 4) is 17.2 Å². The minimum absolute atomic E-state index is 0.0783. The van der Waals surface area contributed by atoms with E-state index >= 15 is 0 Å². The molecule has 3 heterocycles. The molecule has 0 spiro atoms. The van der Waals surface area contributed by atoms with E-state index in [0.717, 1.165) is 41.7 Å². The van der Waals surface area contributed by atoms with Crippen molar-refractivity contribution in [1.82, 2.24) is 9.78 Å². The van der Waals surface area contributed by atoms with Crippen molar-refractivity contribution in [3.05, 3.63) is 101 Å². The number of fused-ring (bicyclic) bond motifs is 2. The lowest BCUT2D eigenvalue weighted by molar-refractivity contribution is 0.171. The van der Waals surface area contributed by atoms with Gasteiger partial charge in [-0.2, -0.15) is 5.10 Å². The van der Waals surface area contributed by atoms with E-state index in [1.807, 2.05) is 22.9 Å². The summed E-state index contributed by atoms with van der Waals surface area (Å²) < 4.78 is 13.5. The molecule has 0 atom stereocenters. The Bertz CT molecular complexity index is 1180. The van der Waals surface area contributed by atoms with E-state index in [0.29, 0.717) is 13.2 Å². The van der Waals surface area contributed by atoms with Crippen LogP contribution in [0.15, 0.2) is 78.9 Å². The van der Waals surface area contributed by atoms with Crippen LogP contribution in [0.3, 0.4) is 0 Å². The molecule has 1 aromatic heterocycles. The second kappa shape index (κ2) is 7.51.